The van der Waals surface area contributed by atoms with Gasteiger partial charge in [-0.2, -0.15) is 10.2 Å². The summed E-state index contributed by atoms with van der Waals surface area (Å²) in [7, 11) is 0. The summed E-state index contributed by atoms with van der Waals surface area (Å²) in [5.41, 5.74) is 2.10. The lowest BCUT2D eigenvalue weighted by Crippen LogP contribution is -2.36. The zero-order chi connectivity index (χ0) is 25.5. The quantitative estimate of drug-likeness (QED) is 0.318. The third-order valence-electron chi connectivity index (χ3n) is 4.91. The molecule has 1 atom stereocenters. The third-order valence-corrected chi connectivity index (χ3v) is 5.22. The molecule has 190 valence electrons. The molecule has 1 heterocycles. The highest BCUT2D eigenvalue weighted by molar-refractivity contribution is 6.33. The van der Waals surface area contributed by atoms with Gasteiger partial charge < -0.3 is 24.8 Å². The molecule has 0 fully saturated rings. The van der Waals surface area contributed by atoms with E-state index in [1.165, 1.54) is 0 Å². The standard InChI is InChI=1S/C24H23ClN4O6.ClH/c1-13(2)34-20-7-4-15(10-16(20)11-26)23-28-22(29-35-23)17-5-3-14(9-18(17)25)12-27-19(24(32)33)6-8-21(30)31;/h3-5,7,9-10,13,19,27H,6,8,12H2,1-2H3,(H,30,31)(H,32,33);1H/t19-;/m0./s1. The highest BCUT2D eigenvalue weighted by atomic mass is 35.5. The molecule has 0 aliphatic carbocycles. The van der Waals surface area contributed by atoms with Gasteiger partial charge in [0.2, 0.25) is 5.82 Å². The molecular formula is C24H24Cl2N4O6. The molecule has 0 aliphatic heterocycles. The second-order valence-electron chi connectivity index (χ2n) is 7.93. The second-order valence-corrected chi connectivity index (χ2v) is 8.34. The molecule has 0 spiro atoms. The van der Waals surface area contributed by atoms with Crippen LogP contribution in [-0.2, 0) is 16.1 Å². The summed E-state index contributed by atoms with van der Waals surface area (Å²) in [5, 5.41) is 34.6. The van der Waals surface area contributed by atoms with Gasteiger partial charge in [-0.15, -0.1) is 12.4 Å². The molecule has 12 heteroatoms. The Labute approximate surface area is 218 Å². The van der Waals surface area contributed by atoms with Gasteiger partial charge in [0.1, 0.15) is 17.9 Å². The van der Waals surface area contributed by atoms with E-state index in [0.717, 1.165) is 0 Å². The number of hydrogen-bond donors (Lipinski definition) is 3. The molecule has 36 heavy (non-hydrogen) atoms. The van der Waals surface area contributed by atoms with Gasteiger partial charge in [-0.1, -0.05) is 22.8 Å². The van der Waals surface area contributed by atoms with Crippen LogP contribution in [0.2, 0.25) is 5.02 Å². The summed E-state index contributed by atoms with van der Waals surface area (Å²) >= 11 is 6.41. The van der Waals surface area contributed by atoms with Crippen molar-refractivity contribution in [2.45, 2.75) is 45.4 Å². The lowest BCUT2D eigenvalue weighted by molar-refractivity contribution is -0.140. The van der Waals surface area contributed by atoms with Crippen LogP contribution >= 0.6 is 24.0 Å². The number of benzene rings is 2. The van der Waals surface area contributed by atoms with E-state index >= 15 is 0 Å². The topological polar surface area (TPSA) is 159 Å². The van der Waals surface area contributed by atoms with Crippen molar-refractivity contribution in [2.24, 2.45) is 0 Å². The highest BCUT2D eigenvalue weighted by Gasteiger charge is 2.19. The van der Waals surface area contributed by atoms with Crippen LogP contribution in [0.3, 0.4) is 0 Å². The Morgan fingerprint density at radius 1 is 1.22 bits per heavy atom. The average Bonchev–Trinajstić information content (AvgIpc) is 3.28. The van der Waals surface area contributed by atoms with E-state index in [0.29, 0.717) is 33.0 Å². The highest BCUT2D eigenvalue weighted by Crippen LogP contribution is 2.30. The largest absolute Gasteiger partial charge is 0.490 e. The Morgan fingerprint density at radius 3 is 2.58 bits per heavy atom. The molecule has 3 aromatic rings. The van der Waals surface area contributed by atoms with Crippen molar-refractivity contribution in [3.8, 4) is 34.7 Å². The first-order valence-corrected chi connectivity index (χ1v) is 11.1. The first kappa shape index (κ1) is 28.6. The number of carboxylic acid groups (broad SMARTS) is 2. The maximum absolute atomic E-state index is 11.3. The molecule has 0 bridgehead atoms. The molecule has 1 aromatic heterocycles. The Bertz CT molecular complexity index is 1270. The molecule has 10 nitrogen and oxygen atoms in total. The van der Waals surface area contributed by atoms with E-state index in [1.54, 1.807) is 36.4 Å². The average molecular weight is 535 g/mol. The van der Waals surface area contributed by atoms with E-state index < -0.39 is 18.0 Å². The minimum absolute atomic E-state index is 0. The zero-order valence-corrected chi connectivity index (χ0v) is 21.0. The summed E-state index contributed by atoms with van der Waals surface area (Å²) in [6.07, 6.45) is -0.379. The number of aliphatic carboxylic acids is 2. The number of ether oxygens (including phenoxy) is 1. The Morgan fingerprint density at radius 2 is 1.97 bits per heavy atom. The van der Waals surface area contributed by atoms with Crippen molar-refractivity contribution in [1.82, 2.24) is 15.5 Å². The third kappa shape index (κ3) is 7.42. The number of nitrogens with one attached hydrogen (secondary N) is 1. The van der Waals surface area contributed by atoms with Crippen LogP contribution in [0.25, 0.3) is 22.8 Å². The summed E-state index contributed by atoms with van der Waals surface area (Å²) in [4.78, 5) is 26.4. The molecule has 0 amide bonds. The Kier molecular flexibility index (Phi) is 10.2. The van der Waals surface area contributed by atoms with Crippen molar-refractivity contribution in [1.29, 1.82) is 5.26 Å². The van der Waals surface area contributed by atoms with Gasteiger partial charge in [0.15, 0.2) is 0 Å². The van der Waals surface area contributed by atoms with E-state index in [4.69, 9.17) is 26.0 Å². The van der Waals surface area contributed by atoms with Gasteiger partial charge in [-0.05, 0) is 56.2 Å². The van der Waals surface area contributed by atoms with Gasteiger partial charge in [-0.25, -0.2) is 0 Å². The summed E-state index contributed by atoms with van der Waals surface area (Å²) in [6, 6.07) is 11.1. The molecule has 3 rings (SSSR count). The number of carboxylic acids is 2. The fourth-order valence-electron chi connectivity index (χ4n) is 3.23. The molecule has 3 N–H and O–H groups in total. The molecule has 0 unspecified atom stereocenters. The first-order valence-electron chi connectivity index (χ1n) is 10.7. The molecule has 0 aliphatic rings. The number of hydrogen-bond acceptors (Lipinski definition) is 8. The van der Waals surface area contributed by atoms with Crippen LogP contribution < -0.4 is 10.1 Å². The van der Waals surface area contributed by atoms with Crippen LogP contribution in [0, 0.1) is 11.3 Å². The Balaban J connectivity index is 0.00000456. The van der Waals surface area contributed by atoms with Gasteiger partial charge >= 0.3 is 11.9 Å². The number of halogens is 2. The number of aromatic nitrogens is 2. The molecule has 0 saturated heterocycles. The van der Waals surface area contributed by atoms with Crippen molar-refractivity contribution in [3.63, 3.8) is 0 Å². The number of nitrogens with zero attached hydrogens (tertiary/aromatic N) is 3. The van der Waals surface area contributed by atoms with Crippen LogP contribution in [-0.4, -0.2) is 44.4 Å². The maximum atomic E-state index is 11.3. The predicted molar refractivity (Wildman–Crippen MR) is 133 cm³/mol. The smallest absolute Gasteiger partial charge is 0.320 e. The van der Waals surface area contributed by atoms with Crippen molar-refractivity contribution in [3.05, 3.63) is 52.5 Å². The van der Waals surface area contributed by atoms with E-state index in [2.05, 4.69) is 21.5 Å². The molecular weight excluding hydrogens is 511 g/mol. The summed E-state index contributed by atoms with van der Waals surface area (Å²) in [6.45, 7) is 3.92. The number of nitriles is 1. The normalized spacial score (nSPS) is 11.4. The van der Waals surface area contributed by atoms with Crippen molar-refractivity contribution >= 4 is 35.9 Å². The number of rotatable bonds is 11. The summed E-state index contributed by atoms with van der Waals surface area (Å²) < 4.78 is 11.0. The fourth-order valence-corrected chi connectivity index (χ4v) is 3.52. The summed E-state index contributed by atoms with van der Waals surface area (Å²) in [5.74, 6) is -1.27. The number of carbonyl (C=O) groups is 2. The van der Waals surface area contributed by atoms with Gasteiger partial charge in [0.05, 0.1) is 16.7 Å². The van der Waals surface area contributed by atoms with Gasteiger partial charge in [0.25, 0.3) is 5.89 Å². The van der Waals surface area contributed by atoms with Crippen LogP contribution in [0.5, 0.6) is 5.75 Å². The van der Waals surface area contributed by atoms with Crippen LogP contribution in [0.15, 0.2) is 40.9 Å². The lowest BCUT2D eigenvalue weighted by Gasteiger charge is -2.14. The van der Waals surface area contributed by atoms with Crippen LogP contribution in [0.1, 0.15) is 37.8 Å². The predicted octanol–water partition coefficient (Wildman–Crippen LogP) is 4.55. The van der Waals surface area contributed by atoms with Crippen LogP contribution in [0.4, 0.5) is 0 Å². The van der Waals surface area contributed by atoms with Crippen molar-refractivity contribution < 1.29 is 29.1 Å². The van der Waals surface area contributed by atoms with Gasteiger partial charge in [-0.3, -0.25) is 9.59 Å². The van der Waals surface area contributed by atoms with Gasteiger partial charge in [0, 0.05) is 24.1 Å². The Hall–Kier alpha value is -3.65. The lowest BCUT2D eigenvalue weighted by atomic mass is 10.1. The van der Waals surface area contributed by atoms with E-state index in [9.17, 15) is 20.0 Å². The fraction of sp³-hybridized carbons (Fsp3) is 0.292. The minimum atomic E-state index is -1.13. The zero-order valence-electron chi connectivity index (χ0n) is 19.4. The second kappa shape index (κ2) is 12.9. The monoisotopic (exact) mass is 534 g/mol. The minimum Gasteiger partial charge on any atom is -0.490 e. The van der Waals surface area contributed by atoms with E-state index in [-0.39, 0.29) is 49.6 Å². The molecule has 2 aromatic carbocycles. The van der Waals surface area contributed by atoms with E-state index in [1.807, 2.05) is 13.8 Å². The first-order chi connectivity index (χ1) is 16.7. The molecule has 0 radical (unpaired) electrons. The molecule has 0 saturated carbocycles. The SMILES string of the molecule is CC(C)Oc1ccc(-c2nc(-c3ccc(CN[C@@H](CCC(=O)O)C(=O)O)cc3Cl)no2)cc1C#N.Cl. The van der Waals surface area contributed by atoms with Crippen molar-refractivity contribution in [2.75, 3.05) is 0 Å². The maximum Gasteiger partial charge on any atom is 0.320 e.